The van der Waals surface area contributed by atoms with Crippen LogP contribution >= 0.6 is 15.9 Å². The van der Waals surface area contributed by atoms with Gasteiger partial charge in [0.2, 0.25) is 5.89 Å². The maximum Gasteiger partial charge on any atom is 0.230 e. The molecule has 0 spiro atoms. The molecule has 0 saturated carbocycles. The summed E-state index contributed by atoms with van der Waals surface area (Å²) in [4.78, 5) is 4.23. The number of rotatable bonds is 1. The lowest BCUT2D eigenvalue weighted by Gasteiger charge is -1.98. The number of benzene rings is 2. The Labute approximate surface area is 111 Å². The van der Waals surface area contributed by atoms with E-state index in [4.69, 9.17) is 10.2 Å². The molecule has 2 aromatic carbocycles. The molecule has 0 unspecified atom stereocenters. The highest BCUT2D eigenvalue weighted by Crippen LogP contribution is 2.30. The maximum absolute atomic E-state index is 13.7. The van der Waals surface area contributed by atoms with E-state index in [0.29, 0.717) is 22.4 Å². The van der Waals surface area contributed by atoms with Gasteiger partial charge in [0, 0.05) is 4.47 Å². The van der Waals surface area contributed by atoms with E-state index in [1.165, 1.54) is 6.07 Å². The quantitative estimate of drug-likeness (QED) is 0.692. The molecular formula is C13H8BrFN2O. The minimum Gasteiger partial charge on any atom is -0.436 e. The molecule has 3 aromatic rings. The molecule has 1 heterocycles. The second-order valence-corrected chi connectivity index (χ2v) is 4.75. The summed E-state index contributed by atoms with van der Waals surface area (Å²) in [7, 11) is 0. The average Bonchev–Trinajstić information content (AvgIpc) is 2.77. The first-order chi connectivity index (χ1) is 8.65. The molecule has 2 N–H and O–H groups in total. The van der Waals surface area contributed by atoms with Gasteiger partial charge in [0.15, 0.2) is 5.58 Å². The van der Waals surface area contributed by atoms with Gasteiger partial charge in [-0.2, -0.15) is 0 Å². The predicted molar refractivity (Wildman–Crippen MR) is 71.5 cm³/mol. The molecule has 18 heavy (non-hydrogen) atoms. The first-order valence-corrected chi connectivity index (χ1v) is 6.05. The van der Waals surface area contributed by atoms with Crippen LogP contribution in [-0.4, -0.2) is 4.98 Å². The Morgan fingerprint density at radius 3 is 2.83 bits per heavy atom. The van der Waals surface area contributed by atoms with Crippen LogP contribution in [0.3, 0.4) is 0 Å². The normalized spacial score (nSPS) is 11.0. The molecule has 90 valence electrons. The molecule has 3 nitrogen and oxygen atoms in total. The summed E-state index contributed by atoms with van der Waals surface area (Å²) in [5.74, 6) is -0.162. The third-order valence-corrected chi connectivity index (χ3v) is 3.10. The topological polar surface area (TPSA) is 52.0 Å². The Morgan fingerprint density at radius 2 is 2.06 bits per heavy atom. The summed E-state index contributed by atoms with van der Waals surface area (Å²) >= 11 is 3.29. The minimum absolute atomic E-state index is 0.224. The summed E-state index contributed by atoms with van der Waals surface area (Å²) < 4.78 is 20.0. The molecule has 0 bridgehead atoms. The van der Waals surface area contributed by atoms with Crippen molar-refractivity contribution in [3.05, 3.63) is 46.7 Å². The molecule has 0 atom stereocenters. The Balaban J connectivity index is 2.26. The lowest BCUT2D eigenvalue weighted by atomic mass is 10.2. The van der Waals surface area contributed by atoms with Gasteiger partial charge in [-0.15, -0.1) is 0 Å². The Morgan fingerprint density at radius 1 is 1.22 bits per heavy atom. The maximum atomic E-state index is 13.7. The zero-order valence-corrected chi connectivity index (χ0v) is 10.7. The fraction of sp³-hybridized carbons (Fsp3) is 0. The lowest BCUT2D eigenvalue weighted by molar-refractivity contribution is 0.593. The highest BCUT2D eigenvalue weighted by molar-refractivity contribution is 9.10. The highest BCUT2D eigenvalue weighted by Gasteiger charge is 2.14. The van der Waals surface area contributed by atoms with Crippen molar-refractivity contribution >= 4 is 32.7 Å². The van der Waals surface area contributed by atoms with E-state index in [0.717, 1.165) is 4.47 Å². The van der Waals surface area contributed by atoms with Gasteiger partial charge in [0.05, 0.1) is 11.3 Å². The van der Waals surface area contributed by atoms with Crippen molar-refractivity contribution in [3.8, 4) is 11.5 Å². The smallest absolute Gasteiger partial charge is 0.230 e. The number of hydrogen-bond acceptors (Lipinski definition) is 3. The van der Waals surface area contributed by atoms with E-state index in [9.17, 15) is 4.39 Å². The number of nitrogens with zero attached hydrogens (tertiary/aromatic N) is 1. The zero-order valence-electron chi connectivity index (χ0n) is 9.15. The number of halogens is 2. The molecule has 3 rings (SSSR count). The lowest BCUT2D eigenvalue weighted by Crippen LogP contribution is -1.86. The molecule has 0 saturated heterocycles. The Hall–Kier alpha value is -1.88. The first kappa shape index (κ1) is 11.2. The van der Waals surface area contributed by atoms with E-state index in [-0.39, 0.29) is 11.7 Å². The van der Waals surface area contributed by atoms with Gasteiger partial charge in [-0.25, -0.2) is 9.37 Å². The third-order valence-electron chi connectivity index (χ3n) is 2.61. The van der Waals surface area contributed by atoms with Crippen molar-refractivity contribution in [1.82, 2.24) is 4.98 Å². The number of para-hydroxylation sites is 1. The minimum atomic E-state index is -0.386. The molecule has 1 aromatic heterocycles. The summed E-state index contributed by atoms with van der Waals surface area (Å²) in [6, 6.07) is 9.84. The summed E-state index contributed by atoms with van der Waals surface area (Å²) in [6.45, 7) is 0. The van der Waals surface area contributed by atoms with E-state index in [2.05, 4.69) is 20.9 Å². The first-order valence-electron chi connectivity index (χ1n) is 5.25. The summed E-state index contributed by atoms with van der Waals surface area (Å²) in [5, 5.41) is 0. The molecule has 0 aliphatic heterocycles. The van der Waals surface area contributed by atoms with Crippen molar-refractivity contribution in [1.29, 1.82) is 0 Å². The number of aromatic nitrogens is 1. The molecule has 0 amide bonds. The van der Waals surface area contributed by atoms with Crippen molar-refractivity contribution in [3.63, 3.8) is 0 Å². The van der Waals surface area contributed by atoms with Crippen molar-refractivity contribution in [2.24, 2.45) is 0 Å². The second kappa shape index (κ2) is 4.10. The fourth-order valence-electron chi connectivity index (χ4n) is 1.75. The van der Waals surface area contributed by atoms with Crippen LogP contribution in [0, 0.1) is 5.82 Å². The van der Waals surface area contributed by atoms with Gasteiger partial charge in [0.1, 0.15) is 11.3 Å². The molecule has 0 radical (unpaired) electrons. The molecule has 0 aliphatic carbocycles. The summed E-state index contributed by atoms with van der Waals surface area (Å²) in [5.41, 5.74) is 7.70. The predicted octanol–water partition coefficient (Wildman–Crippen LogP) is 3.98. The monoisotopic (exact) mass is 306 g/mol. The van der Waals surface area contributed by atoms with E-state index >= 15 is 0 Å². The molecule has 5 heteroatoms. The molecule has 0 fully saturated rings. The Bertz CT molecular complexity index is 739. The van der Waals surface area contributed by atoms with E-state index in [1.54, 1.807) is 30.3 Å². The van der Waals surface area contributed by atoms with Gasteiger partial charge in [-0.3, -0.25) is 0 Å². The number of oxazole rings is 1. The van der Waals surface area contributed by atoms with Crippen LogP contribution in [-0.2, 0) is 0 Å². The van der Waals surface area contributed by atoms with Crippen LogP contribution < -0.4 is 5.73 Å². The van der Waals surface area contributed by atoms with Crippen molar-refractivity contribution in [2.45, 2.75) is 0 Å². The highest BCUT2D eigenvalue weighted by atomic mass is 79.9. The number of hydrogen-bond donors (Lipinski definition) is 1. The van der Waals surface area contributed by atoms with Crippen LogP contribution in [0.4, 0.5) is 10.1 Å². The summed E-state index contributed by atoms with van der Waals surface area (Å²) in [6.07, 6.45) is 0. The number of anilines is 1. The number of nitrogens with two attached hydrogens (primary N) is 1. The van der Waals surface area contributed by atoms with Gasteiger partial charge >= 0.3 is 0 Å². The standard InChI is InChI=1S/C13H8BrFN2O/c14-7-4-5-9(15)8(6-7)13-17-12-10(16)2-1-3-11(12)18-13/h1-6H,16H2. The van der Waals surface area contributed by atoms with Gasteiger partial charge in [-0.1, -0.05) is 22.0 Å². The average molecular weight is 307 g/mol. The number of fused-ring (bicyclic) bond motifs is 1. The third kappa shape index (κ3) is 1.76. The number of nitrogen functional groups attached to an aromatic ring is 1. The van der Waals surface area contributed by atoms with Gasteiger partial charge in [0.25, 0.3) is 0 Å². The van der Waals surface area contributed by atoms with Crippen molar-refractivity contribution in [2.75, 3.05) is 5.73 Å². The molecular weight excluding hydrogens is 299 g/mol. The SMILES string of the molecule is Nc1cccc2oc(-c3cc(Br)ccc3F)nc12. The van der Waals surface area contributed by atoms with Crippen LogP contribution in [0.15, 0.2) is 45.3 Å². The fourth-order valence-corrected chi connectivity index (χ4v) is 2.11. The van der Waals surface area contributed by atoms with Crippen LogP contribution in [0.25, 0.3) is 22.6 Å². The van der Waals surface area contributed by atoms with Gasteiger partial charge in [-0.05, 0) is 30.3 Å². The zero-order chi connectivity index (χ0) is 12.7. The van der Waals surface area contributed by atoms with E-state index in [1.807, 2.05) is 0 Å². The van der Waals surface area contributed by atoms with Crippen LogP contribution in [0.1, 0.15) is 0 Å². The largest absolute Gasteiger partial charge is 0.436 e. The van der Waals surface area contributed by atoms with Crippen molar-refractivity contribution < 1.29 is 8.81 Å². The molecule has 0 aliphatic rings. The van der Waals surface area contributed by atoms with Crippen LogP contribution in [0.2, 0.25) is 0 Å². The second-order valence-electron chi connectivity index (χ2n) is 3.84. The van der Waals surface area contributed by atoms with Gasteiger partial charge < -0.3 is 10.2 Å². The van der Waals surface area contributed by atoms with E-state index < -0.39 is 0 Å². The van der Waals surface area contributed by atoms with Crippen LogP contribution in [0.5, 0.6) is 0 Å². The Kier molecular flexibility index (Phi) is 2.56.